The Morgan fingerprint density at radius 3 is 2.65 bits per heavy atom. The molecule has 0 aromatic heterocycles. The molecule has 0 fully saturated rings. The molecule has 0 unspecified atom stereocenters. The maximum absolute atomic E-state index is 12.2. The molecule has 1 amide bonds. The van der Waals surface area contributed by atoms with Gasteiger partial charge in [0.25, 0.3) is 15.0 Å². The lowest BCUT2D eigenvalue weighted by Crippen LogP contribution is -2.30. The van der Waals surface area contributed by atoms with Crippen LogP contribution in [0.5, 0.6) is 0 Å². The number of hydrogen-bond donors (Lipinski definition) is 0. The molecular weight excluding hydrogens is 370 g/mol. The Morgan fingerprint density at radius 2 is 2.10 bits per heavy atom. The van der Waals surface area contributed by atoms with Crippen molar-refractivity contribution in [3.8, 4) is 0 Å². The molecule has 0 heterocycles. The first-order valence-corrected chi connectivity index (χ1v) is 8.95. The first-order chi connectivity index (χ1) is 9.27. The average molecular weight is 385 g/mol. The smallest absolute Gasteiger partial charge is 0.261 e. The number of nitrogens with zero attached hydrogens (tertiary/aromatic N) is 1. The molecule has 0 spiro atoms. The number of halogens is 2. The second-order valence-electron chi connectivity index (χ2n) is 4.00. The van der Waals surface area contributed by atoms with Gasteiger partial charge < -0.3 is 9.64 Å². The summed E-state index contributed by atoms with van der Waals surface area (Å²) in [6, 6.07) is 4.08. The van der Waals surface area contributed by atoms with Crippen molar-refractivity contribution in [1.29, 1.82) is 0 Å². The minimum atomic E-state index is -3.87. The van der Waals surface area contributed by atoms with E-state index in [1.54, 1.807) is 7.05 Å². The van der Waals surface area contributed by atoms with E-state index in [1.807, 2.05) is 6.92 Å². The van der Waals surface area contributed by atoms with E-state index < -0.39 is 9.05 Å². The van der Waals surface area contributed by atoms with Crippen molar-refractivity contribution < 1.29 is 17.9 Å². The van der Waals surface area contributed by atoms with Crippen LogP contribution in [0.1, 0.15) is 17.3 Å². The highest BCUT2D eigenvalue weighted by Gasteiger charge is 2.19. The lowest BCUT2D eigenvalue weighted by molar-refractivity contribution is 0.0709. The van der Waals surface area contributed by atoms with Gasteiger partial charge in [0.15, 0.2) is 0 Å². The fourth-order valence-corrected chi connectivity index (χ4v) is 2.67. The molecule has 0 N–H and O–H groups in total. The van der Waals surface area contributed by atoms with Crippen LogP contribution in [0.2, 0.25) is 0 Å². The SMILES string of the molecule is CCOCCN(C)C(=O)c1cc(S(=O)(=O)Cl)ccc1Br. The first-order valence-electron chi connectivity index (χ1n) is 5.84. The van der Waals surface area contributed by atoms with Crippen LogP contribution < -0.4 is 0 Å². The molecule has 1 aromatic rings. The maximum Gasteiger partial charge on any atom is 0.261 e. The molecule has 20 heavy (non-hydrogen) atoms. The van der Waals surface area contributed by atoms with Gasteiger partial charge in [0.1, 0.15) is 0 Å². The van der Waals surface area contributed by atoms with E-state index in [1.165, 1.54) is 23.1 Å². The maximum atomic E-state index is 12.2. The van der Waals surface area contributed by atoms with Crippen molar-refractivity contribution in [3.05, 3.63) is 28.2 Å². The Bertz CT molecular complexity index is 591. The van der Waals surface area contributed by atoms with Crippen LogP contribution in [0.3, 0.4) is 0 Å². The lowest BCUT2D eigenvalue weighted by atomic mass is 10.2. The minimum Gasteiger partial charge on any atom is -0.380 e. The van der Waals surface area contributed by atoms with E-state index in [0.29, 0.717) is 24.2 Å². The number of rotatable bonds is 6. The molecule has 0 aliphatic heterocycles. The van der Waals surface area contributed by atoms with Crippen molar-refractivity contribution in [2.24, 2.45) is 0 Å². The fraction of sp³-hybridized carbons (Fsp3) is 0.417. The number of hydrogen-bond acceptors (Lipinski definition) is 4. The number of ether oxygens (including phenoxy) is 1. The van der Waals surface area contributed by atoms with Gasteiger partial charge in [0.05, 0.1) is 17.1 Å². The van der Waals surface area contributed by atoms with Crippen molar-refractivity contribution in [1.82, 2.24) is 4.90 Å². The normalized spacial score (nSPS) is 11.4. The Labute approximate surface area is 131 Å². The zero-order valence-electron chi connectivity index (χ0n) is 11.1. The van der Waals surface area contributed by atoms with Gasteiger partial charge in [-0.25, -0.2) is 8.42 Å². The summed E-state index contributed by atoms with van der Waals surface area (Å²) in [6.45, 7) is 3.28. The summed E-state index contributed by atoms with van der Waals surface area (Å²) in [5, 5.41) is 0. The molecule has 0 aliphatic rings. The van der Waals surface area contributed by atoms with Crippen molar-refractivity contribution in [2.75, 3.05) is 26.8 Å². The summed E-state index contributed by atoms with van der Waals surface area (Å²) in [5.41, 5.74) is 0.241. The Kier molecular flexibility index (Phi) is 6.44. The van der Waals surface area contributed by atoms with Gasteiger partial charge in [0.2, 0.25) is 0 Å². The Hall–Kier alpha value is -0.630. The largest absolute Gasteiger partial charge is 0.380 e. The van der Waals surface area contributed by atoms with E-state index in [-0.39, 0.29) is 16.4 Å². The average Bonchev–Trinajstić information content (AvgIpc) is 2.37. The zero-order valence-corrected chi connectivity index (χ0v) is 14.3. The third-order valence-corrected chi connectivity index (χ3v) is 4.61. The molecule has 0 bridgehead atoms. The molecule has 112 valence electrons. The molecule has 0 aliphatic carbocycles. The van der Waals surface area contributed by atoms with Crippen LogP contribution in [0.4, 0.5) is 0 Å². The van der Waals surface area contributed by atoms with E-state index in [0.717, 1.165) is 0 Å². The fourth-order valence-electron chi connectivity index (χ4n) is 1.47. The van der Waals surface area contributed by atoms with Gasteiger partial charge in [-0.3, -0.25) is 4.79 Å². The van der Waals surface area contributed by atoms with Crippen molar-refractivity contribution in [2.45, 2.75) is 11.8 Å². The molecule has 1 aromatic carbocycles. The molecule has 0 saturated carbocycles. The predicted octanol–water partition coefficient (Wildman–Crippen LogP) is 2.49. The van der Waals surface area contributed by atoms with Gasteiger partial charge >= 0.3 is 0 Å². The monoisotopic (exact) mass is 383 g/mol. The predicted molar refractivity (Wildman–Crippen MR) is 80.6 cm³/mol. The van der Waals surface area contributed by atoms with Crippen LogP contribution in [0.25, 0.3) is 0 Å². The Morgan fingerprint density at radius 1 is 1.45 bits per heavy atom. The number of likely N-dealkylation sites (N-methyl/N-ethyl adjacent to an activating group) is 1. The highest BCUT2D eigenvalue weighted by atomic mass is 79.9. The van der Waals surface area contributed by atoms with Crippen LogP contribution in [-0.2, 0) is 13.8 Å². The molecule has 0 saturated heterocycles. The summed E-state index contributed by atoms with van der Waals surface area (Å²) in [6.07, 6.45) is 0. The van der Waals surface area contributed by atoms with Gasteiger partial charge in [0, 0.05) is 35.4 Å². The van der Waals surface area contributed by atoms with Crippen molar-refractivity contribution >= 4 is 41.6 Å². The lowest BCUT2D eigenvalue weighted by Gasteiger charge is -2.18. The molecule has 0 atom stereocenters. The van der Waals surface area contributed by atoms with Gasteiger partial charge in [-0.2, -0.15) is 0 Å². The highest BCUT2D eigenvalue weighted by molar-refractivity contribution is 9.10. The second kappa shape index (κ2) is 7.40. The van der Waals surface area contributed by atoms with Gasteiger partial charge in [-0.1, -0.05) is 0 Å². The minimum absolute atomic E-state index is 0.107. The van der Waals surface area contributed by atoms with E-state index >= 15 is 0 Å². The van der Waals surface area contributed by atoms with Crippen molar-refractivity contribution in [3.63, 3.8) is 0 Å². The standard InChI is InChI=1S/C12H15BrClNO4S/c1-3-19-7-6-15(2)12(16)10-8-9(20(14,17)18)4-5-11(10)13/h4-5,8H,3,6-7H2,1-2H3. The molecule has 0 radical (unpaired) electrons. The quantitative estimate of drug-likeness (QED) is 0.558. The van der Waals surface area contributed by atoms with Gasteiger partial charge in [-0.15, -0.1) is 0 Å². The number of carbonyl (C=O) groups is 1. The highest BCUT2D eigenvalue weighted by Crippen LogP contribution is 2.24. The van der Waals surface area contributed by atoms with E-state index in [9.17, 15) is 13.2 Å². The zero-order chi connectivity index (χ0) is 15.3. The third kappa shape index (κ3) is 4.73. The summed E-state index contributed by atoms with van der Waals surface area (Å²) >= 11 is 3.23. The molecular formula is C12H15BrClNO4S. The second-order valence-corrected chi connectivity index (χ2v) is 7.42. The molecule has 5 nitrogen and oxygen atoms in total. The van der Waals surface area contributed by atoms with Crippen LogP contribution in [-0.4, -0.2) is 46.0 Å². The number of carbonyl (C=O) groups excluding carboxylic acids is 1. The summed E-state index contributed by atoms with van der Waals surface area (Å²) in [4.78, 5) is 13.6. The number of benzene rings is 1. The van der Waals surface area contributed by atoms with E-state index in [2.05, 4.69) is 15.9 Å². The molecule has 1 rings (SSSR count). The summed E-state index contributed by atoms with van der Waals surface area (Å²) in [5.74, 6) is -0.307. The summed E-state index contributed by atoms with van der Waals surface area (Å²) in [7, 11) is 3.04. The van der Waals surface area contributed by atoms with E-state index in [4.69, 9.17) is 15.4 Å². The molecule has 8 heteroatoms. The summed E-state index contributed by atoms with van der Waals surface area (Å²) < 4.78 is 28.3. The first kappa shape index (κ1) is 17.4. The van der Waals surface area contributed by atoms with Crippen LogP contribution in [0, 0.1) is 0 Å². The number of amides is 1. The van der Waals surface area contributed by atoms with Gasteiger partial charge in [-0.05, 0) is 41.1 Å². The topological polar surface area (TPSA) is 63.7 Å². The third-order valence-electron chi connectivity index (χ3n) is 2.57. The van der Waals surface area contributed by atoms with Crippen LogP contribution >= 0.6 is 26.6 Å². The van der Waals surface area contributed by atoms with Crippen LogP contribution in [0.15, 0.2) is 27.6 Å². The Balaban J connectivity index is 2.97.